The molecule has 7 heteroatoms. The molecule has 0 bridgehead atoms. The number of carbonyl (C=O) groups is 1. The van der Waals surface area contributed by atoms with Crippen LogP contribution in [0.5, 0.6) is 0 Å². The van der Waals surface area contributed by atoms with Gasteiger partial charge in [0.15, 0.2) is 5.82 Å². The third-order valence-corrected chi connectivity index (χ3v) is 5.02. The number of piperidine rings is 1. The monoisotopic (exact) mass is 318 g/mol. The fourth-order valence-electron chi connectivity index (χ4n) is 3.59. The first kappa shape index (κ1) is 14.8. The van der Waals surface area contributed by atoms with E-state index in [1.807, 2.05) is 0 Å². The number of rotatable bonds is 2. The summed E-state index contributed by atoms with van der Waals surface area (Å²) in [6.07, 6.45) is 6.96. The number of hydrogen-bond donors (Lipinski definition) is 1. The van der Waals surface area contributed by atoms with Gasteiger partial charge in [0, 0.05) is 25.3 Å². The fourth-order valence-corrected chi connectivity index (χ4v) is 3.59. The Morgan fingerprint density at radius 1 is 1.26 bits per heavy atom. The minimum atomic E-state index is -0.414. The van der Waals surface area contributed by atoms with E-state index in [2.05, 4.69) is 15.3 Å². The maximum absolute atomic E-state index is 12.2. The lowest BCUT2D eigenvalue weighted by Crippen LogP contribution is -2.40. The molecule has 1 N–H and O–H groups in total. The highest BCUT2D eigenvalue weighted by Crippen LogP contribution is 2.34. The molecule has 0 radical (unpaired) electrons. The van der Waals surface area contributed by atoms with E-state index in [9.17, 15) is 4.79 Å². The van der Waals surface area contributed by atoms with E-state index < -0.39 is 5.60 Å². The summed E-state index contributed by atoms with van der Waals surface area (Å²) in [5.74, 6) is 0.989. The highest BCUT2D eigenvalue weighted by Gasteiger charge is 2.47. The van der Waals surface area contributed by atoms with Gasteiger partial charge in [0.1, 0.15) is 5.60 Å². The van der Waals surface area contributed by atoms with Crippen LogP contribution in [0.15, 0.2) is 12.4 Å². The van der Waals surface area contributed by atoms with Crippen LogP contribution in [0, 0.1) is 0 Å². The number of amides is 1. The third kappa shape index (κ3) is 2.90. The van der Waals surface area contributed by atoms with Gasteiger partial charge in [-0.2, -0.15) is 0 Å². The quantitative estimate of drug-likeness (QED) is 0.889. The molecule has 1 aromatic heterocycles. The molecule has 4 rings (SSSR count). The maximum atomic E-state index is 12.2. The lowest BCUT2D eigenvalue weighted by Gasteiger charge is -2.30. The summed E-state index contributed by atoms with van der Waals surface area (Å²) in [5, 5.41) is 3.38. The number of hydrogen-bond acceptors (Lipinski definition) is 6. The number of ether oxygens (including phenoxy) is 2. The molecular formula is C16H22N4O3. The molecule has 1 atom stereocenters. The van der Waals surface area contributed by atoms with Crippen molar-refractivity contribution in [3.8, 4) is 0 Å². The van der Waals surface area contributed by atoms with Crippen molar-refractivity contribution in [2.45, 2.75) is 37.2 Å². The molecular weight excluding hydrogens is 296 g/mol. The van der Waals surface area contributed by atoms with Gasteiger partial charge in [-0.05, 0) is 19.4 Å². The van der Waals surface area contributed by atoms with Crippen LogP contribution in [0.4, 0.5) is 10.6 Å². The molecule has 0 aliphatic carbocycles. The van der Waals surface area contributed by atoms with Crippen LogP contribution in [-0.4, -0.2) is 54.5 Å². The van der Waals surface area contributed by atoms with Crippen molar-refractivity contribution >= 4 is 11.9 Å². The van der Waals surface area contributed by atoms with Crippen molar-refractivity contribution in [3.05, 3.63) is 18.1 Å². The second-order valence-corrected chi connectivity index (χ2v) is 6.59. The molecule has 3 fully saturated rings. The van der Waals surface area contributed by atoms with Gasteiger partial charge in [-0.15, -0.1) is 0 Å². The zero-order chi connectivity index (χ0) is 15.7. The van der Waals surface area contributed by atoms with Crippen molar-refractivity contribution in [3.63, 3.8) is 0 Å². The van der Waals surface area contributed by atoms with Gasteiger partial charge in [0.25, 0.3) is 0 Å². The number of carbonyl (C=O) groups excluding carboxylic acids is 1. The molecule has 1 aromatic rings. The number of aromatic nitrogens is 2. The first-order valence-electron chi connectivity index (χ1n) is 8.37. The van der Waals surface area contributed by atoms with Gasteiger partial charge >= 0.3 is 6.09 Å². The summed E-state index contributed by atoms with van der Waals surface area (Å²) in [4.78, 5) is 22.8. The summed E-state index contributed by atoms with van der Waals surface area (Å²) in [7, 11) is 0. The molecule has 3 aliphatic heterocycles. The lowest BCUT2D eigenvalue weighted by molar-refractivity contribution is -0.0431. The summed E-state index contributed by atoms with van der Waals surface area (Å²) in [6.45, 7) is 3.84. The summed E-state index contributed by atoms with van der Waals surface area (Å²) < 4.78 is 11.0. The van der Waals surface area contributed by atoms with Crippen LogP contribution < -0.4 is 10.2 Å². The Morgan fingerprint density at radius 2 is 2.13 bits per heavy atom. The van der Waals surface area contributed by atoms with Crippen LogP contribution >= 0.6 is 0 Å². The molecule has 3 aliphatic rings. The molecule has 124 valence electrons. The van der Waals surface area contributed by atoms with E-state index in [0.29, 0.717) is 31.5 Å². The Morgan fingerprint density at radius 3 is 2.83 bits per heavy atom. The average Bonchev–Trinajstić information content (AvgIpc) is 2.92. The Hall–Kier alpha value is -1.73. The minimum absolute atomic E-state index is 0.326. The first-order valence-corrected chi connectivity index (χ1v) is 8.37. The molecule has 7 nitrogen and oxygen atoms in total. The second kappa shape index (κ2) is 6.05. The van der Waals surface area contributed by atoms with E-state index >= 15 is 0 Å². The van der Waals surface area contributed by atoms with Gasteiger partial charge in [-0.3, -0.25) is 9.88 Å². The van der Waals surface area contributed by atoms with E-state index in [1.54, 1.807) is 17.3 Å². The average molecular weight is 318 g/mol. The fraction of sp³-hybridized carbons (Fsp3) is 0.688. The van der Waals surface area contributed by atoms with Crippen molar-refractivity contribution in [2.75, 3.05) is 37.7 Å². The van der Waals surface area contributed by atoms with Crippen LogP contribution in [0.25, 0.3) is 0 Å². The molecule has 1 spiro atoms. The smallest absolute Gasteiger partial charge is 0.416 e. The predicted octanol–water partition coefficient (Wildman–Crippen LogP) is 1.45. The van der Waals surface area contributed by atoms with E-state index in [4.69, 9.17) is 9.47 Å². The molecule has 4 heterocycles. The summed E-state index contributed by atoms with van der Waals surface area (Å²) >= 11 is 0. The third-order valence-electron chi connectivity index (χ3n) is 5.02. The molecule has 0 saturated carbocycles. The van der Waals surface area contributed by atoms with Gasteiger partial charge in [-0.1, -0.05) is 0 Å². The topological polar surface area (TPSA) is 76.6 Å². The van der Waals surface area contributed by atoms with Crippen molar-refractivity contribution in [2.24, 2.45) is 0 Å². The van der Waals surface area contributed by atoms with Crippen LogP contribution in [0.2, 0.25) is 0 Å². The Balaban J connectivity index is 1.48. The number of nitrogens with one attached hydrogen (secondary N) is 1. The van der Waals surface area contributed by atoms with Crippen LogP contribution in [-0.2, 0) is 9.47 Å². The van der Waals surface area contributed by atoms with E-state index in [-0.39, 0.29) is 6.09 Å². The molecule has 23 heavy (non-hydrogen) atoms. The maximum Gasteiger partial charge on any atom is 0.416 e. The van der Waals surface area contributed by atoms with Crippen LogP contribution in [0.1, 0.15) is 37.3 Å². The van der Waals surface area contributed by atoms with Crippen molar-refractivity contribution in [1.29, 1.82) is 0 Å². The molecule has 0 unspecified atom stereocenters. The first-order chi connectivity index (χ1) is 11.3. The minimum Gasteiger partial charge on any atom is -0.440 e. The Bertz CT molecular complexity index is 565. The predicted molar refractivity (Wildman–Crippen MR) is 83.5 cm³/mol. The SMILES string of the molecule is O=C1OC2(CCOCC2)CN1c1cnc([C@H]2CCCNC2)cn1. The summed E-state index contributed by atoms with van der Waals surface area (Å²) in [6, 6.07) is 0. The van der Waals surface area contributed by atoms with E-state index in [0.717, 1.165) is 44.5 Å². The summed E-state index contributed by atoms with van der Waals surface area (Å²) in [5.41, 5.74) is 0.581. The Labute approximate surface area is 135 Å². The van der Waals surface area contributed by atoms with Gasteiger partial charge in [-0.25, -0.2) is 9.78 Å². The highest BCUT2D eigenvalue weighted by atomic mass is 16.6. The normalized spacial score (nSPS) is 27.2. The number of nitrogens with zero attached hydrogens (tertiary/aromatic N) is 3. The van der Waals surface area contributed by atoms with Crippen LogP contribution in [0.3, 0.4) is 0 Å². The van der Waals surface area contributed by atoms with Crippen molar-refractivity contribution < 1.29 is 14.3 Å². The zero-order valence-corrected chi connectivity index (χ0v) is 13.2. The van der Waals surface area contributed by atoms with E-state index in [1.165, 1.54) is 0 Å². The largest absolute Gasteiger partial charge is 0.440 e. The van der Waals surface area contributed by atoms with Gasteiger partial charge in [0.2, 0.25) is 0 Å². The van der Waals surface area contributed by atoms with Gasteiger partial charge in [0.05, 0.1) is 37.8 Å². The molecule has 1 amide bonds. The highest BCUT2D eigenvalue weighted by molar-refractivity contribution is 5.89. The van der Waals surface area contributed by atoms with Gasteiger partial charge < -0.3 is 14.8 Å². The molecule has 0 aromatic carbocycles. The van der Waals surface area contributed by atoms with Crippen molar-refractivity contribution in [1.82, 2.24) is 15.3 Å². The Kier molecular flexibility index (Phi) is 3.90. The zero-order valence-electron chi connectivity index (χ0n) is 13.2. The lowest BCUT2D eigenvalue weighted by atomic mass is 9.94. The molecule has 3 saturated heterocycles. The number of anilines is 1. The second-order valence-electron chi connectivity index (χ2n) is 6.59. The standard InChI is InChI=1S/C16H22N4O3/c21-15-20(11-16(23-15)3-6-22-7-4-16)14-10-18-13(9-19-14)12-2-1-5-17-8-12/h9-10,12,17H,1-8,11H2/t12-/m0/s1.